The van der Waals surface area contributed by atoms with E-state index >= 15 is 0 Å². The zero-order valence-corrected chi connectivity index (χ0v) is 12.0. The predicted molar refractivity (Wildman–Crippen MR) is 75.3 cm³/mol. The van der Waals surface area contributed by atoms with Crippen LogP contribution in [0.2, 0.25) is 0 Å². The van der Waals surface area contributed by atoms with Gasteiger partial charge >= 0.3 is 5.97 Å². The summed E-state index contributed by atoms with van der Waals surface area (Å²) >= 11 is 4.84. The molecule has 0 radical (unpaired) electrons. The number of anilines is 1. The van der Waals surface area contributed by atoms with E-state index in [1.807, 2.05) is 12.3 Å². The van der Waals surface area contributed by atoms with Crippen LogP contribution in [0, 0.1) is 0 Å². The number of thiazole rings is 1. The molecule has 0 amide bonds. The van der Waals surface area contributed by atoms with Crippen LogP contribution in [0.4, 0.5) is 5.69 Å². The molecule has 2 aromatic rings. The van der Waals surface area contributed by atoms with E-state index < -0.39 is 5.97 Å². The van der Waals surface area contributed by atoms with Gasteiger partial charge in [-0.3, -0.25) is 0 Å². The van der Waals surface area contributed by atoms with Crippen LogP contribution in [0.5, 0.6) is 0 Å². The van der Waals surface area contributed by atoms with Gasteiger partial charge in [0.2, 0.25) is 0 Å². The molecule has 0 saturated carbocycles. The highest BCUT2D eigenvalue weighted by Gasteiger charge is 2.11. The number of hydrogen-bond acceptors (Lipinski definition) is 4. The molecule has 1 unspecified atom stereocenters. The van der Waals surface area contributed by atoms with Crippen LogP contribution in [-0.2, 0) is 0 Å². The van der Waals surface area contributed by atoms with Gasteiger partial charge in [-0.25, -0.2) is 9.78 Å². The van der Waals surface area contributed by atoms with Crippen molar-refractivity contribution in [1.82, 2.24) is 4.98 Å². The summed E-state index contributed by atoms with van der Waals surface area (Å²) < 4.78 is 0.561. The van der Waals surface area contributed by atoms with Gasteiger partial charge in [0, 0.05) is 21.7 Å². The molecule has 94 valence electrons. The number of carbonyl (C=O) groups is 1. The standard InChI is InChI=1S/C12H11BrN2O2S/c1-7(11-14-4-5-18-11)15-8-2-3-9(12(16)17)10(13)6-8/h2-7,15H,1H3,(H,16,17). The molecule has 0 bridgehead atoms. The van der Waals surface area contributed by atoms with Gasteiger partial charge in [-0.15, -0.1) is 11.3 Å². The number of carboxylic acids is 1. The monoisotopic (exact) mass is 326 g/mol. The minimum atomic E-state index is -0.943. The molecule has 2 rings (SSSR count). The van der Waals surface area contributed by atoms with Crippen molar-refractivity contribution in [3.05, 3.63) is 44.8 Å². The van der Waals surface area contributed by atoms with E-state index in [0.717, 1.165) is 10.7 Å². The van der Waals surface area contributed by atoms with E-state index in [1.54, 1.807) is 35.7 Å². The molecule has 1 atom stereocenters. The third-order valence-electron chi connectivity index (χ3n) is 2.40. The summed E-state index contributed by atoms with van der Waals surface area (Å²) in [5.41, 5.74) is 1.11. The van der Waals surface area contributed by atoms with Gasteiger partial charge < -0.3 is 10.4 Å². The second-order valence-electron chi connectivity index (χ2n) is 3.74. The fraction of sp³-hybridized carbons (Fsp3) is 0.167. The average molecular weight is 327 g/mol. The lowest BCUT2D eigenvalue weighted by molar-refractivity contribution is 0.0696. The quantitative estimate of drug-likeness (QED) is 0.897. The minimum Gasteiger partial charge on any atom is -0.478 e. The average Bonchev–Trinajstić information content (AvgIpc) is 2.81. The van der Waals surface area contributed by atoms with Crippen LogP contribution in [0.25, 0.3) is 0 Å². The van der Waals surface area contributed by atoms with Crippen LogP contribution >= 0.6 is 27.3 Å². The number of carboxylic acid groups (broad SMARTS) is 1. The highest BCUT2D eigenvalue weighted by molar-refractivity contribution is 9.10. The van der Waals surface area contributed by atoms with Gasteiger partial charge in [0.1, 0.15) is 5.01 Å². The van der Waals surface area contributed by atoms with Crippen molar-refractivity contribution >= 4 is 38.9 Å². The molecule has 1 aromatic carbocycles. The van der Waals surface area contributed by atoms with Gasteiger partial charge in [0.25, 0.3) is 0 Å². The summed E-state index contributed by atoms with van der Waals surface area (Å²) in [6.07, 6.45) is 1.77. The molecule has 2 N–H and O–H groups in total. The molecule has 18 heavy (non-hydrogen) atoms. The van der Waals surface area contributed by atoms with Gasteiger partial charge in [0.05, 0.1) is 11.6 Å². The Morgan fingerprint density at radius 3 is 2.89 bits per heavy atom. The lowest BCUT2D eigenvalue weighted by Crippen LogP contribution is -2.07. The molecule has 0 fully saturated rings. The SMILES string of the molecule is CC(Nc1ccc(C(=O)O)c(Br)c1)c1nccs1. The number of hydrogen-bond donors (Lipinski definition) is 2. The fourth-order valence-electron chi connectivity index (χ4n) is 1.54. The molecular weight excluding hydrogens is 316 g/mol. The van der Waals surface area contributed by atoms with Crippen LogP contribution in [0.15, 0.2) is 34.2 Å². The summed E-state index contributed by atoms with van der Waals surface area (Å²) in [6, 6.07) is 5.17. The Hall–Kier alpha value is -1.40. The van der Waals surface area contributed by atoms with Crippen molar-refractivity contribution in [2.45, 2.75) is 13.0 Å². The Balaban J connectivity index is 2.15. The van der Waals surface area contributed by atoms with Gasteiger partial charge in [0.15, 0.2) is 0 Å². The third kappa shape index (κ3) is 2.88. The zero-order valence-electron chi connectivity index (χ0n) is 9.55. The first-order valence-corrected chi connectivity index (χ1v) is 6.94. The largest absolute Gasteiger partial charge is 0.478 e. The highest BCUT2D eigenvalue weighted by Crippen LogP contribution is 2.25. The lowest BCUT2D eigenvalue weighted by atomic mass is 10.2. The molecule has 0 aliphatic rings. The second-order valence-corrected chi connectivity index (χ2v) is 5.52. The zero-order chi connectivity index (χ0) is 13.1. The number of halogens is 1. The van der Waals surface area contributed by atoms with Gasteiger partial charge in [-0.1, -0.05) is 0 Å². The fourth-order valence-corrected chi connectivity index (χ4v) is 2.73. The molecule has 0 spiro atoms. The maximum absolute atomic E-state index is 10.9. The van der Waals surface area contributed by atoms with Crippen LogP contribution < -0.4 is 5.32 Å². The number of nitrogens with zero attached hydrogens (tertiary/aromatic N) is 1. The van der Waals surface area contributed by atoms with Crippen molar-refractivity contribution in [1.29, 1.82) is 0 Å². The third-order valence-corrected chi connectivity index (χ3v) is 4.02. The van der Waals surface area contributed by atoms with Crippen LogP contribution in [0.3, 0.4) is 0 Å². The maximum Gasteiger partial charge on any atom is 0.336 e. The normalized spacial score (nSPS) is 12.1. The summed E-state index contributed by atoms with van der Waals surface area (Å²) in [5.74, 6) is -0.943. The molecule has 4 nitrogen and oxygen atoms in total. The summed E-state index contributed by atoms with van der Waals surface area (Å²) in [4.78, 5) is 15.1. The molecular formula is C12H11BrN2O2S. The molecule has 1 aromatic heterocycles. The number of aromatic carboxylic acids is 1. The summed E-state index contributed by atoms with van der Waals surface area (Å²) in [7, 11) is 0. The highest BCUT2D eigenvalue weighted by atomic mass is 79.9. The van der Waals surface area contributed by atoms with Crippen molar-refractivity contribution in [3.63, 3.8) is 0 Å². The number of aromatic nitrogens is 1. The molecule has 1 heterocycles. The number of benzene rings is 1. The van der Waals surface area contributed by atoms with Crippen molar-refractivity contribution in [2.24, 2.45) is 0 Å². The first-order valence-electron chi connectivity index (χ1n) is 5.26. The van der Waals surface area contributed by atoms with E-state index in [4.69, 9.17) is 5.11 Å². The number of rotatable bonds is 4. The topological polar surface area (TPSA) is 62.2 Å². The van der Waals surface area contributed by atoms with E-state index in [9.17, 15) is 4.79 Å². The van der Waals surface area contributed by atoms with Crippen LogP contribution in [0.1, 0.15) is 28.3 Å². The Labute approximate surface area is 117 Å². The lowest BCUT2D eigenvalue weighted by Gasteiger charge is -2.13. The first kappa shape index (κ1) is 13.0. The predicted octanol–water partition coefficient (Wildman–Crippen LogP) is 3.78. The minimum absolute atomic E-state index is 0.0904. The van der Waals surface area contributed by atoms with E-state index in [2.05, 4.69) is 26.2 Å². The Kier molecular flexibility index (Phi) is 3.98. The van der Waals surface area contributed by atoms with Crippen LogP contribution in [-0.4, -0.2) is 16.1 Å². The number of nitrogens with one attached hydrogen (secondary N) is 1. The van der Waals surface area contributed by atoms with Crippen molar-refractivity contribution < 1.29 is 9.90 Å². The van der Waals surface area contributed by atoms with E-state index in [-0.39, 0.29) is 11.6 Å². The van der Waals surface area contributed by atoms with E-state index in [1.165, 1.54) is 0 Å². The smallest absolute Gasteiger partial charge is 0.336 e. The molecule has 0 aliphatic heterocycles. The Bertz CT molecular complexity index is 557. The molecule has 0 saturated heterocycles. The first-order chi connectivity index (χ1) is 8.58. The Morgan fingerprint density at radius 2 is 2.33 bits per heavy atom. The van der Waals surface area contributed by atoms with Crippen molar-refractivity contribution in [3.8, 4) is 0 Å². The van der Waals surface area contributed by atoms with E-state index in [0.29, 0.717) is 4.47 Å². The molecule has 6 heteroatoms. The maximum atomic E-state index is 10.9. The molecule has 0 aliphatic carbocycles. The van der Waals surface area contributed by atoms with Crippen molar-refractivity contribution in [2.75, 3.05) is 5.32 Å². The summed E-state index contributed by atoms with van der Waals surface area (Å²) in [6.45, 7) is 2.01. The van der Waals surface area contributed by atoms with Gasteiger partial charge in [-0.05, 0) is 41.1 Å². The summed E-state index contributed by atoms with van der Waals surface area (Å²) in [5, 5.41) is 15.1. The Morgan fingerprint density at radius 1 is 1.56 bits per heavy atom. The van der Waals surface area contributed by atoms with Gasteiger partial charge in [-0.2, -0.15) is 0 Å². The second kappa shape index (κ2) is 5.49.